The molecule has 2 heterocycles. The minimum absolute atomic E-state index is 0.0126. The van der Waals surface area contributed by atoms with Crippen LogP contribution in [0.25, 0.3) is 0 Å². The van der Waals surface area contributed by atoms with Gasteiger partial charge in [-0.05, 0) is 37.2 Å². The summed E-state index contributed by atoms with van der Waals surface area (Å²) >= 11 is 0. The molecular weight excluding hydrogens is 429 g/mol. The standard InChI is InChI=1S/C17H21F3N4O5S/c18-17(19,20)29-13-2-4-14(5-3-13)30(27,28)23-10-8-22(9-11-23)6-1-7-24-15(25)12-21-16(24)26/h2-5H,1,6-12H2,(H,21,26). The van der Waals surface area contributed by atoms with Crippen molar-refractivity contribution in [2.75, 3.05) is 45.8 Å². The lowest BCUT2D eigenvalue weighted by atomic mass is 10.3. The molecule has 0 bridgehead atoms. The molecule has 2 fully saturated rings. The average Bonchev–Trinajstić information content (AvgIpc) is 3.00. The highest BCUT2D eigenvalue weighted by Crippen LogP contribution is 2.25. The summed E-state index contributed by atoms with van der Waals surface area (Å²) in [5, 5.41) is 2.45. The molecule has 0 spiro atoms. The van der Waals surface area contributed by atoms with Crippen LogP contribution in [0.15, 0.2) is 29.2 Å². The van der Waals surface area contributed by atoms with Crippen LogP contribution in [-0.2, 0) is 14.8 Å². The van der Waals surface area contributed by atoms with Crippen molar-refractivity contribution in [3.05, 3.63) is 24.3 Å². The average molecular weight is 450 g/mol. The molecule has 166 valence electrons. The van der Waals surface area contributed by atoms with E-state index in [-0.39, 0.29) is 30.4 Å². The molecular formula is C17H21F3N4O5S. The van der Waals surface area contributed by atoms with Gasteiger partial charge in [-0.3, -0.25) is 9.69 Å². The summed E-state index contributed by atoms with van der Waals surface area (Å²) in [4.78, 5) is 26.1. The number of imide groups is 1. The lowest BCUT2D eigenvalue weighted by molar-refractivity contribution is -0.274. The van der Waals surface area contributed by atoms with Gasteiger partial charge in [0.05, 0.1) is 11.4 Å². The number of ether oxygens (including phenoxy) is 1. The molecule has 1 aromatic rings. The topological polar surface area (TPSA) is 99.3 Å². The molecule has 0 radical (unpaired) electrons. The third kappa shape index (κ3) is 5.40. The number of carbonyl (C=O) groups is 2. The van der Waals surface area contributed by atoms with Gasteiger partial charge in [-0.15, -0.1) is 13.2 Å². The summed E-state index contributed by atoms with van der Waals surface area (Å²) in [5.74, 6) is -0.751. The van der Waals surface area contributed by atoms with E-state index in [0.717, 1.165) is 29.2 Å². The number of halogens is 3. The number of sulfonamides is 1. The predicted molar refractivity (Wildman–Crippen MR) is 98.1 cm³/mol. The van der Waals surface area contributed by atoms with Gasteiger partial charge in [0, 0.05) is 32.7 Å². The number of nitrogens with one attached hydrogen (secondary N) is 1. The monoisotopic (exact) mass is 450 g/mol. The number of alkyl halides is 3. The number of urea groups is 1. The Morgan fingerprint density at radius 2 is 1.63 bits per heavy atom. The highest BCUT2D eigenvalue weighted by Gasteiger charge is 2.32. The van der Waals surface area contributed by atoms with Gasteiger partial charge in [-0.2, -0.15) is 4.31 Å². The Morgan fingerprint density at radius 1 is 1.00 bits per heavy atom. The second kappa shape index (κ2) is 8.78. The number of rotatable bonds is 7. The van der Waals surface area contributed by atoms with Crippen LogP contribution in [0, 0.1) is 0 Å². The molecule has 2 aliphatic rings. The molecule has 3 rings (SSSR count). The van der Waals surface area contributed by atoms with Crippen molar-refractivity contribution in [1.29, 1.82) is 0 Å². The molecule has 0 atom stereocenters. The van der Waals surface area contributed by atoms with Gasteiger partial charge in [0.2, 0.25) is 15.9 Å². The third-order valence-corrected chi connectivity index (χ3v) is 6.73. The molecule has 3 amide bonds. The molecule has 0 unspecified atom stereocenters. The van der Waals surface area contributed by atoms with Crippen LogP contribution in [0.1, 0.15) is 6.42 Å². The van der Waals surface area contributed by atoms with Crippen LogP contribution in [-0.4, -0.2) is 86.6 Å². The summed E-state index contributed by atoms with van der Waals surface area (Å²) in [6.07, 6.45) is -4.27. The van der Waals surface area contributed by atoms with Crippen LogP contribution >= 0.6 is 0 Å². The highest BCUT2D eigenvalue weighted by atomic mass is 32.2. The van der Waals surface area contributed by atoms with Gasteiger partial charge in [0.1, 0.15) is 5.75 Å². The molecule has 30 heavy (non-hydrogen) atoms. The maximum absolute atomic E-state index is 12.7. The summed E-state index contributed by atoms with van der Waals surface area (Å²) in [7, 11) is -3.83. The summed E-state index contributed by atoms with van der Waals surface area (Å²) in [6, 6.07) is 3.70. The lowest BCUT2D eigenvalue weighted by Crippen LogP contribution is -2.49. The Balaban J connectivity index is 1.49. The van der Waals surface area contributed by atoms with Gasteiger partial charge in [0.25, 0.3) is 0 Å². The molecule has 0 aliphatic carbocycles. The Bertz CT molecular complexity index is 868. The molecule has 9 nitrogen and oxygen atoms in total. The fraction of sp³-hybridized carbons (Fsp3) is 0.529. The van der Waals surface area contributed by atoms with Gasteiger partial charge < -0.3 is 15.0 Å². The first-order chi connectivity index (χ1) is 14.1. The number of amides is 3. The Hall–Kier alpha value is -2.38. The van der Waals surface area contributed by atoms with Gasteiger partial charge >= 0.3 is 12.4 Å². The van der Waals surface area contributed by atoms with E-state index >= 15 is 0 Å². The van der Waals surface area contributed by atoms with Gasteiger partial charge in [0.15, 0.2) is 0 Å². The summed E-state index contributed by atoms with van der Waals surface area (Å²) in [5.41, 5.74) is 0. The van der Waals surface area contributed by atoms with E-state index in [2.05, 4.69) is 10.1 Å². The van der Waals surface area contributed by atoms with E-state index in [1.807, 2.05) is 4.90 Å². The molecule has 0 saturated carbocycles. The molecule has 2 saturated heterocycles. The van der Waals surface area contributed by atoms with Gasteiger partial charge in [-0.25, -0.2) is 13.2 Å². The van der Waals surface area contributed by atoms with Crippen LogP contribution in [0.3, 0.4) is 0 Å². The van der Waals surface area contributed by atoms with Crippen molar-refractivity contribution < 1.29 is 35.9 Å². The number of benzene rings is 1. The van der Waals surface area contributed by atoms with Crippen molar-refractivity contribution in [2.45, 2.75) is 17.7 Å². The Labute approximate surface area is 171 Å². The Morgan fingerprint density at radius 3 is 2.17 bits per heavy atom. The van der Waals surface area contributed by atoms with E-state index in [0.29, 0.717) is 32.6 Å². The maximum Gasteiger partial charge on any atom is 0.573 e. The van der Waals surface area contributed by atoms with Crippen LogP contribution in [0.5, 0.6) is 5.75 Å². The fourth-order valence-electron chi connectivity index (χ4n) is 3.29. The Kier molecular flexibility index (Phi) is 6.53. The maximum atomic E-state index is 12.7. The third-order valence-electron chi connectivity index (χ3n) is 4.82. The molecule has 0 aromatic heterocycles. The number of piperazine rings is 1. The number of carbonyl (C=O) groups excluding carboxylic acids is 2. The number of hydrogen-bond donors (Lipinski definition) is 1. The zero-order chi connectivity index (χ0) is 21.9. The first-order valence-corrected chi connectivity index (χ1v) is 10.7. The number of hydrogen-bond acceptors (Lipinski definition) is 6. The smallest absolute Gasteiger partial charge is 0.406 e. The van der Waals surface area contributed by atoms with E-state index < -0.39 is 28.2 Å². The van der Waals surface area contributed by atoms with Crippen molar-refractivity contribution in [2.24, 2.45) is 0 Å². The van der Waals surface area contributed by atoms with Crippen LogP contribution < -0.4 is 10.1 Å². The van der Waals surface area contributed by atoms with Crippen LogP contribution in [0.2, 0.25) is 0 Å². The highest BCUT2D eigenvalue weighted by molar-refractivity contribution is 7.89. The molecule has 1 N–H and O–H groups in total. The predicted octanol–water partition coefficient (Wildman–Crippen LogP) is 0.833. The zero-order valence-electron chi connectivity index (χ0n) is 15.9. The van der Waals surface area contributed by atoms with Crippen molar-refractivity contribution in [1.82, 2.24) is 19.4 Å². The first kappa shape index (κ1) is 22.3. The molecule has 13 heteroatoms. The SMILES string of the molecule is O=C1CNC(=O)N1CCCN1CCN(S(=O)(=O)c2ccc(OC(F)(F)F)cc2)CC1. The van der Waals surface area contributed by atoms with Crippen LogP contribution in [0.4, 0.5) is 18.0 Å². The van der Waals surface area contributed by atoms with E-state index in [9.17, 15) is 31.2 Å². The first-order valence-electron chi connectivity index (χ1n) is 9.23. The fourth-order valence-corrected chi connectivity index (χ4v) is 4.71. The number of nitrogens with zero attached hydrogens (tertiary/aromatic N) is 3. The summed E-state index contributed by atoms with van der Waals surface area (Å²) < 4.78 is 67.1. The van der Waals surface area contributed by atoms with E-state index in [1.54, 1.807) is 0 Å². The van der Waals surface area contributed by atoms with Gasteiger partial charge in [-0.1, -0.05) is 0 Å². The van der Waals surface area contributed by atoms with Crippen molar-refractivity contribution in [3.63, 3.8) is 0 Å². The van der Waals surface area contributed by atoms with Crippen molar-refractivity contribution in [3.8, 4) is 5.75 Å². The summed E-state index contributed by atoms with van der Waals surface area (Å²) in [6.45, 7) is 2.31. The molecule has 2 aliphatic heterocycles. The van der Waals surface area contributed by atoms with E-state index in [4.69, 9.17) is 0 Å². The second-order valence-corrected chi connectivity index (χ2v) is 8.76. The lowest BCUT2D eigenvalue weighted by Gasteiger charge is -2.34. The largest absolute Gasteiger partial charge is 0.573 e. The minimum atomic E-state index is -4.84. The second-order valence-electron chi connectivity index (χ2n) is 6.82. The van der Waals surface area contributed by atoms with E-state index in [1.165, 1.54) is 4.31 Å². The van der Waals surface area contributed by atoms with Crippen molar-refractivity contribution >= 4 is 22.0 Å². The quantitative estimate of drug-likeness (QED) is 0.618. The zero-order valence-corrected chi connectivity index (χ0v) is 16.7. The minimum Gasteiger partial charge on any atom is -0.406 e. The molecule has 1 aromatic carbocycles. The normalized spacial score (nSPS) is 19.2.